The lowest BCUT2D eigenvalue weighted by molar-refractivity contribution is -0.682. The van der Waals surface area contributed by atoms with Gasteiger partial charge in [-0.3, -0.25) is 10.1 Å². The summed E-state index contributed by atoms with van der Waals surface area (Å²) < 4.78 is 4.32. The van der Waals surface area contributed by atoms with E-state index in [4.69, 9.17) is 23.2 Å². The fourth-order valence-electron chi connectivity index (χ4n) is 1.50. The van der Waals surface area contributed by atoms with E-state index in [9.17, 15) is 9.59 Å². The van der Waals surface area contributed by atoms with Crippen molar-refractivity contribution >= 4 is 35.2 Å². The minimum atomic E-state index is -0.768. The molecule has 3 N–H and O–H groups in total. The predicted molar refractivity (Wildman–Crippen MR) is 72.2 cm³/mol. The van der Waals surface area contributed by atoms with E-state index in [0.29, 0.717) is 10.0 Å². The third-order valence-electron chi connectivity index (χ3n) is 2.54. The van der Waals surface area contributed by atoms with Crippen LogP contribution in [0.25, 0.3) is 0 Å². The number of nitrogens with two attached hydrogens (primary N) is 1. The molecule has 0 aliphatic carbocycles. The highest BCUT2D eigenvalue weighted by Gasteiger charge is 2.16. The third kappa shape index (κ3) is 5.06. The minimum Gasteiger partial charge on any atom is -0.453 e. The Labute approximate surface area is 121 Å². The molecular weight excluding hydrogens is 291 g/mol. The zero-order chi connectivity index (χ0) is 14.4. The molecule has 0 spiro atoms. The SMILES string of the molecule is COC(=O)NC(=O)C[NH2+][C@@H](C)c1ccc(Cl)cc1Cl. The number of amides is 2. The summed E-state index contributed by atoms with van der Waals surface area (Å²) in [6.45, 7) is 2.00. The van der Waals surface area contributed by atoms with Crippen LogP contribution in [0.5, 0.6) is 0 Å². The molecule has 19 heavy (non-hydrogen) atoms. The van der Waals surface area contributed by atoms with E-state index in [2.05, 4.69) is 10.1 Å². The molecule has 0 aliphatic heterocycles. The molecule has 0 heterocycles. The van der Waals surface area contributed by atoms with Crippen molar-refractivity contribution in [1.29, 1.82) is 0 Å². The molecular formula is C12H15Cl2N2O3+. The van der Waals surface area contributed by atoms with Gasteiger partial charge in [-0.05, 0) is 19.1 Å². The van der Waals surface area contributed by atoms with E-state index in [1.165, 1.54) is 7.11 Å². The second kappa shape index (κ2) is 7.33. The van der Waals surface area contributed by atoms with E-state index in [0.717, 1.165) is 5.56 Å². The van der Waals surface area contributed by atoms with Crippen molar-refractivity contribution in [3.8, 4) is 0 Å². The van der Waals surface area contributed by atoms with Crippen LogP contribution in [0.1, 0.15) is 18.5 Å². The molecule has 1 aromatic carbocycles. The van der Waals surface area contributed by atoms with Crippen molar-refractivity contribution < 1.29 is 19.6 Å². The Morgan fingerprint density at radius 1 is 1.42 bits per heavy atom. The van der Waals surface area contributed by atoms with Crippen molar-refractivity contribution in [3.05, 3.63) is 33.8 Å². The standard InChI is InChI=1S/C12H14Cl2N2O3/c1-7(9-4-3-8(13)5-10(9)14)15-6-11(17)16-12(18)19-2/h3-5,7,15H,6H2,1-2H3,(H,16,17,18)/p+1/t7-/m0/s1. The molecule has 2 amide bonds. The number of halogens is 2. The number of benzene rings is 1. The molecule has 0 bridgehead atoms. The average molecular weight is 306 g/mol. The molecule has 0 aliphatic rings. The number of ether oxygens (including phenoxy) is 1. The number of quaternary nitrogens is 1. The molecule has 0 fully saturated rings. The number of carbonyl (C=O) groups excluding carboxylic acids is 2. The monoisotopic (exact) mass is 305 g/mol. The van der Waals surface area contributed by atoms with Gasteiger partial charge >= 0.3 is 6.09 Å². The van der Waals surface area contributed by atoms with Crippen molar-refractivity contribution in [2.24, 2.45) is 0 Å². The van der Waals surface area contributed by atoms with Gasteiger partial charge in [0.1, 0.15) is 6.04 Å². The fraction of sp³-hybridized carbons (Fsp3) is 0.333. The van der Waals surface area contributed by atoms with Crippen LogP contribution in [-0.2, 0) is 9.53 Å². The van der Waals surface area contributed by atoms with Gasteiger partial charge in [-0.2, -0.15) is 0 Å². The molecule has 1 rings (SSSR count). The van der Waals surface area contributed by atoms with Crippen LogP contribution in [0.3, 0.4) is 0 Å². The predicted octanol–water partition coefficient (Wildman–Crippen LogP) is 1.50. The van der Waals surface area contributed by atoms with E-state index in [-0.39, 0.29) is 12.6 Å². The number of nitrogens with one attached hydrogen (secondary N) is 1. The Bertz CT molecular complexity index is 480. The molecule has 7 heteroatoms. The molecule has 5 nitrogen and oxygen atoms in total. The Hall–Kier alpha value is -1.30. The molecule has 1 atom stereocenters. The molecule has 0 saturated heterocycles. The van der Waals surface area contributed by atoms with Crippen molar-refractivity contribution in [2.75, 3.05) is 13.7 Å². The lowest BCUT2D eigenvalue weighted by Crippen LogP contribution is -2.87. The van der Waals surface area contributed by atoms with Gasteiger partial charge < -0.3 is 10.1 Å². The van der Waals surface area contributed by atoms with Crippen molar-refractivity contribution in [1.82, 2.24) is 5.32 Å². The highest BCUT2D eigenvalue weighted by molar-refractivity contribution is 6.35. The van der Waals surface area contributed by atoms with E-state index >= 15 is 0 Å². The first-order valence-corrected chi connectivity index (χ1v) is 6.35. The topological polar surface area (TPSA) is 72.0 Å². The van der Waals surface area contributed by atoms with Gasteiger partial charge in [0.2, 0.25) is 0 Å². The van der Waals surface area contributed by atoms with Crippen LogP contribution in [0.15, 0.2) is 18.2 Å². The van der Waals surface area contributed by atoms with E-state index in [1.807, 2.05) is 13.0 Å². The van der Waals surface area contributed by atoms with Gasteiger partial charge in [0.15, 0.2) is 6.54 Å². The largest absolute Gasteiger partial charge is 0.453 e. The van der Waals surface area contributed by atoms with Crippen molar-refractivity contribution in [3.63, 3.8) is 0 Å². The van der Waals surface area contributed by atoms with Crippen LogP contribution < -0.4 is 10.6 Å². The Balaban J connectivity index is 2.53. The van der Waals surface area contributed by atoms with E-state index < -0.39 is 12.0 Å². The van der Waals surface area contributed by atoms with Crippen LogP contribution >= 0.6 is 23.2 Å². The van der Waals surface area contributed by atoms with Crippen LogP contribution in [0.2, 0.25) is 10.0 Å². The third-order valence-corrected chi connectivity index (χ3v) is 3.10. The first kappa shape index (κ1) is 15.8. The van der Waals surface area contributed by atoms with Gasteiger partial charge in [-0.1, -0.05) is 29.3 Å². The van der Waals surface area contributed by atoms with Gasteiger partial charge in [-0.25, -0.2) is 4.79 Å². The number of rotatable bonds is 4. The lowest BCUT2D eigenvalue weighted by atomic mass is 10.1. The first-order chi connectivity index (χ1) is 8.93. The van der Waals surface area contributed by atoms with Gasteiger partial charge in [-0.15, -0.1) is 0 Å². The summed E-state index contributed by atoms with van der Waals surface area (Å²) in [6, 6.07) is 5.16. The van der Waals surface area contributed by atoms with Gasteiger partial charge in [0.05, 0.1) is 12.1 Å². The number of methoxy groups -OCH3 is 1. The molecule has 0 aromatic heterocycles. The van der Waals surface area contributed by atoms with Crippen LogP contribution in [-0.4, -0.2) is 25.7 Å². The highest BCUT2D eigenvalue weighted by Crippen LogP contribution is 2.24. The molecule has 1 aromatic rings. The quantitative estimate of drug-likeness (QED) is 0.885. The molecule has 0 saturated carbocycles. The second-order valence-corrected chi connectivity index (χ2v) is 4.78. The number of imide groups is 1. The average Bonchev–Trinajstić information content (AvgIpc) is 2.35. The van der Waals surface area contributed by atoms with E-state index in [1.54, 1.807) is 17.4 Å². The number of hydrogen-bond donors (Lipinski definition) is 2. The van der Waals surface area contributed by atoms with Crippen molar-refractivity contribution in [2.45, 2.75) is 13.0 Å². The van der Waals surface area contributed by atoms with Gasteiger partial charge in [0, 0.05) is 10.6 Å². The smallest absolute Gasteiger partial charge is 0.413 e. The Morgan fingerprint density at radius 3 is 2.68 bits per heavy atom. The summed E-state index contributed by atoms with van der Waals surface area (Å²) in [5.41, 5.74) is 0.872. The fourth-order valence-corrected chi connectivity index (χ4v) is 2.08. The lowest BCUT2D eigenvalue weighted by Gasteiger charge is -2.12. The number of alkyl carbamates (subject to hydrolysis) is 1. The molecule has 0 unspecified atom stereocenters. The van der Waals surface area contributed by atoms with Gasteiger partial charge in [0.25, 0.3) is 5.91 Å². The maximum Gasteiger partial charge on any atom is 0.413 e. The Morgan fingerprint density at radius 2 is 2.11 bits per heavy atom. The normalized spacial score (nSPS) is 11.8. The van der Waals surface area contributed by atoms with Crippen LogP contribution in [0, 0.1) is 0 Å². The summed E-state index contributed by atoms with van der Waals surface area (Å²) in [7, 11) is 1.20. The summed E-state index contributed by atoms with van der Waals surface area (Å²) >= 11 is 11.9. The summed E-state index contributed by atoms with van der Waals surface area (Å²) in [6.07, 6.45) is -0.768. The second-order valence-electron chi connectivity index (χ2n) is 3.93. The highest BCUT2D eigenvalue weighted by atomic mass is 35.5. The first-order valence-electron chi connectivity index (χ1n) is 5.60. The zero-order valence-corrected chi connectivity index (χ0v) is 12.1. The van der Waals surface area contributed by atoms with Crippen LogP contribution in [0.4, 0.5) is 4.79 Å². The number of carbonyl (C=O) groups is 2. The summed E-state index contributed by atoms with van der Waals surface area (Å²) in [5.74, 6) is -0.427. The summed E-state index contributed by atoms with van der Waals surface area (Å²) in [4.78, 5) is 22.2. The number of hydrogen-bond acceptors (Lipinski definition) is 3. The minimum absolute atomic E-state index is 0.0341. The molecule has 104 valence electrons. The molecule has 0 radical (unpaired) electrons. The Kier molecular flexibility index (Phi) is 6.08. The maximum atomic E-state index is 11.4. The maximum absolute atomic E-state index is 11.4. The zero-order valence-electron chi connectivity index (χ0n) is 10.6. The summed E-state index contributed by atoms with van der Waals surface area (Å²) in [5, 5.41) is 4.94.